The molecule has 81 heavy (non-hydrogen) atoms. The van der Waals surface area contributed by atoms with Gasteiger partial charge in [0.1, 0.15) is 12.2 Å². The second-order valence-corrected chi connectivity index (χ2v) is 25.3. The quantitative estimate of drug-likeness (QED) is 0.0308. The molecule has 0 aliphatic heterocycles. The fourth-order valence-electron chi connectivity index (χ4n) is 11.6. The Labute approximate surface area is 506 Å². The molecule has 0 bridgehead atoms. The van der Waals surface area contributed by atoms with E-state index in [0.717, 1.165) is 51.4 Å². The molecule has 0 rings (SSSR count). The number of amides is 1. The van der Waals surface area contributed by atoms with Crippen molar-refractivity contribution in [1.82, 2.24) is 5.32 Å². The first-order chi connectivity index (χ1) is 40.0. The lowest BCUT2D eigenvalue weighted by atomic mass is 10.00. The van der Waals surface area contributed by atoms with E-state index in [4.69, 9.17) is 0 Å². The molecule has 0 saturated carbocycles. The summed E-state index contributed by atoms with van der Waals surface area (Å²) in [7, 11) is 0. The third-order valence-electron chi connectivity index (χ3n) is 17.2. The molecule has 0 fully saturated rings. The standard InChI is InChI=1S/C75H143NO5/c1-3-5-7-9-11-13-15-17-19-21-23-25-27-29-31-33-34-35-36-37-38-39-41-43-45-47-49-51-53-55-57-59-61-63-65-67-69-73(79)75(81)76-71(70-77)74(80)72(78)68-66-64-62-60-58-56-54-52-50-48-46-44-42-40-32-30-28-26-24-22-20-18-16-14-12-10-8-6-4-2/h35-36,44,46,52,54,60,62,71-74,77-80H,3-34,37-43,45,47-51,53,55-59,61,63-70H2,1-2H3,(H,76,81)/b36-35-,46-44+,54-52+,62-60+. The number of hydrogen-bond acceptors (Lipinski definition) is 5. The zero-order valence-corrected chi connectivity index (χ0v) is 54.6. The van der Waals surface area contributed by atoms with Crippen molar-refractivity contribution in [3.8, 4) is 0 Å². The highest BCUT2D eigenvalue weighted by molar-refractivity contribution is 5.80. The Morgan fingerprint density at radius 2 is 0.519 bits per heavy atom. The van der Waals surface area contributed by atoms with E-state index in [1.165, 1.54) is 308 Å². The molecule has 1 amide bonds. The fraction of sp³-hybridized carbons (Fsp3) is 0.880. The van der Waals surface area contributed by atoms with Crippen LogP contribution in [0.5, 0.6) is 0 Å². The van der Waals surface area contributed by atoms with E-state index in [-0.39, 0.29) is 0 Å². The van der Waals surface area contributed by atoms with Crippen molar-refractivity contribution in [2.45, 2.75) is 417 Å². The minimum Gasteiger partial charge on any atom is -0.394 e. The predicted molar refractivity (Wildman–Crippen MR) is 357 cm³/mol. The Balaban J connectivity index is 3.59. The van der Waals surface area contributed by atoms with Crippen LogP contribution in [0.1, 0.15) is 393 Å². The summed E-state index contributed by atoms with van der Waals surface area (Å²) in [6.07, 6.45) is 91.2. The van der Waals surface area contributed by atoms with Crippen molar-refractivity contribution in [2.75, 3.05) is 6.61 Å². The van der Waals surface area contributed by atoms with E-state index in [9.17, 15) is 25.2 Å². The summed E-state index contributed by atoms with van der Waals surface area (Å²) in [5.74, 6) is -0.594. The summed E-state index contributed by atoms with van der Waals surface area (Å²) in [6.45, 7) is 4.09. The molecule has 0 spiro atoms. The van der Waals surface area contributed by atoms with Crippen LogP contribution < -0.4 is 5.32 Å². The maximum atomic E-state index is 12.7. The molecular formula is C75H143NO5. The lowest BCUT2D eigenvalue weighted by molar-refractivity contribution is -0.132. The molecule has 0 aromatic carbocycles. The van der Waals surface area contributed by atoms with Crippen molar-refractivity contribution in [3.05, 3.63) is 48.6 Å². The van der Waals surface area contributed by atoms with Crippen LogP contribution >= 0.6 is 0 Å². The first-order valence-corrected chi connectivity index (χ1v) is 36.5. The molecule has 6 nitrogen and oxygen atoms in total. The summed E-state index contributed by atoms with van der Waals surface area (Å²) >= 11 is 0. The topological polar surface area (TPSA) is 110 Å². The number of carbonyl (C=O) groups is 1. The summed E-state index contributed by atoms with van der Waals surface area (Å²) in [6, 6.07) is -1.01. The maximum absolute atomic E-state index is 12.7. The number of allylic oxidation sites excluding steroid dienone is 8. The Morgan fingerprint density at radius 3 is 0.778 bits per heavy atom. The predicted octanol–water partition coefficient (Wildman–Crippen LogP) is 22.8. The first-order valence-electron chi connectivity index (χ1n) is 36.5. The molecule has 0 aliphatic rings. The smallest absolute Gasteiger partial charge is 0.249 e. The van der Waals surface area contributed by atoms with Crippen molar-refractivity contribution < 1.29 is 25.2 Å². The van der Waals surface area contributed by atoms with Crippen molar-refractivity contribution in [2.24, 2.45) is 0 Å². The van der Waals surface area contributed by atoms with Gasteiger partial charge in [-0.15, -0.1) is 0 Å². The Morgan fingerprint density at radius 1 is 0.296 bits per heavy atom. The molecular weight excluding hydrogens is 995 g/mol. The van der Waals surface area contributed by atoms with E-state index < -0.39 is 36.9 Å². The lowest BCUT2D eigenvalue weighted by Crippen LogP contribution is -2.53. The molecule has 0 aromatic heterocycles. The number of carbonyl (C=O) groups excluding carboxylic acids is 1. The summed E-state index contributed by atoms with van der Waals surface area (Å²) in [5, 5.41) is 44.2. The van der Waals surface area contributed by atoms with Gasteiger partial charge in [-0.05, 0) is 89.9 Å². The van der Waals surface area contributed by atoms with Crippen LogP contribution in [0, 0.1) is 0 Å². The molecule has 478 valence electrons. The van der Waals surface area contributed by atoms with Crippen LogP contribution in [0.2, 0.25) is 0 Å². The minimum absolute atomic E-state index is 0.360. The normalized spacial score (nSPS) is 13.7. The van der Waals surface area contributed by atoms with Gasteiger partial charge in [0.05, 0.1) is 18.8 Å². The number of unbranched alkanes of at least 4 members (excludes halogenated alkanes) is 51. The van der Waals surface area contributed by atoms with Gasteiger partial charge < -0.3 is 25.7 Å². The average Bonchev–Trinajstić information content (AvgIpc) is 3.47. The van der Waals surface area contributed by atoms with Gasteiger partial charge >= 0.3 is 0 Å². The molecule has 0 saturated heterocycles. The van der Waals surface area contributed by atoms with Crippen LogP contribution in [-0.4, -0.2) is 57.3 Å². The lowest BCUT2D eigenvalue weighted by Gasteiger charge is -2.27. The monoisotopic (exact) mass is 1140 g/mol. The molecule has 0 aromatic rings. The van der Waals surface area contributed by atoms with E-state index in [2.05, 4.69) is 67.8 Å². The highest BCUT2D eigenvalue weighted by Crippen LogP contribution is 2.19. The zero-order valence-electron chi connectivity index (χ0n) is 54.6. The fourth-order valence-corrected chi connectivity index (χ4v) is 11.6. The van der Waals surface area contributed by atoms with Crippen LogP contribution in [0.3, 0.4) is 0 Å². The number of aliphatic hydroxyl groups excluding tert-OH is 4. The molecule has 4 unspecified atom stereocenters. The van der Waals surface area contributed by atoms with Gasteiger partial charge in [0, 0.05) is 0 Å². The SMILES string of the molecule is CCCCCCCCCCCCCCCCCC/C=C\CCCCCCCCCCCCCCCCCCC(O)C(=O)NC(CO)C(O)C(O)CCC/C=C/CC/C=C/CC/C=C/CCCCCCCCCCCCCCCCCC. The van der Waals surface area contributed by atoms with Gasteiger partial charge in [-0.25, -0.2) is 0 Å². The highest BCUT2D eigenvalue weighted by atomic mass is 16.3. The van der Waals surface area contributed by atoms with Crippen LogP contribution in [0.25, 0.3) is 0 Å². The number of aliphatic hydroxyl groups is 4. The second-order valence-electron chi connectivity index (χ2n) is 25.3. The average molecular weight is 1140 g/mol. The molecule has 5 N–H and O–H groups in total. The maximum Gasteiger partial charge on any atom is 0.249 e. The van der Waals surface area contributed by atoms with Gasteiger partial charge in [-0.2, -0.15) is 0 Å². The summed E-state index contributed by atoms with van der Waals surface area (Å²) < 4.78 is 0. The molecule has 6 heteroatoms. The van der Waals surface area contributed by atoms with Crippen LogP contribution in [-0.2, 0) is 4.79 Å². The highest BCUT2D eigenvalue weighted by Gasteiger charge is 2.28. The van der Waals surface area contributed by atoms with Gasteiger partial charge in [0.15, 0.2) is 0 Å². The van der Waals surface area contributed by atoms with Crippen LogP contribution in [0.4, 0.5) is 0 Å². The van der Waals surface area contributed by atoms with Crippen molar-refractivity contribution in [3.63, 3.8) is 0 Å². The minimum atomic E-state index is -1.30. The van der Waals surface area contributed by atoms with Gasteiger partial charge in [0.2, 0.25) is 5.91 Å². The third kappa shape index (κ3) is 62.6. The molecule has 0 heterocycles. The molecule has 0 aliphatic carbocycles. The van der Waals surface area contributed by atoms with Gasteiger partial charge in [0.25, 0.3) is 0 Å². The second kappa shape index (κ2) is 69.0. The Kier molecular flexibility index (Phi) is 67.6. The Bertz CT molecular complexity index is 1330. The number of rotatable bonds is 68. The number of hydrogen-bond donors (Lipinski definition) is 5. The molecule has 4 atom stereocenters. The van der Waals surface area contributed by atoms with Crippen LogP contribution in [0.15, 0.2) is 48.6 Å². The van der Waals surface area contributed by atoms with E-state index in [0.29, 0.717) is 19.3 Å². The van der Waals surface area contributed by atoms with E-state index >= 15 is 0 Å². The largest absolute Gasteiger partial charge is 0.394 e. The van der Waals surface area contributed by atoms with Crippen molar-refractivity contribution >= 4 is 5.91 Å². The van der Waals surface area contributed by atoms with Gasteiger partial charge in [-0.3, -0.25) is 4.79 Å². The van der Waals surface area contributed by atoms with Crippen molar-refractivity contribution in [1.29, 1.82) is 0 Å². The zero-order chi connectivity index (χ0) is 58.7. The van der Waals surface area contributed by atoms with E-state index in [1.54, 1.807) is 0 Å². The first kappa shape index (κ1) is 79.3. The summed E-state index contributed by atoms with van der Waals surface area (Å²) in [4.78, 5) is 12.7. The Hall–Kier alpha value is -1.73. The van der Waals surface area contributed by atoms with E-state index in [1.807, 2.05) is 0 Å². The number of nitrogens with one attached hydrogen (secondary N) is 1. The summed E-state index contributed by atoms with van der Waals surface area (Å²) in [5.41, 5.74) is 0. The van der Waals surface area contributed by atoms with Gasteiger partial charge in [-0.1, -0.05) is 351 Å². The molecule has 0 radical (unpaired) electrons. The third-order valence-corrected chi connectivity index (χ3v) is 17.2.